The fraction of sp³-hybridized carbons (Fsp3) is 0.375. The number of halogens is 1. The second-order valence-electron chi connectivity index (χ2n) is 2.65. The minimum atomic E-state index is -0.604. The van der Waals surface area contributed by atoms with Crippen LogP contribution in [0, 0.1) is 0 Å². The summed E-state index contributed by atoms with van der Waals surface area (Å²) in [4.78, 5) is 4.52. The first kappa shape index (κ1) is 11.3. The van der Waals surface area contributed by atoms with E-state index in [2.05, 4.69) is 10.3 Å². The number of thiophene rings is 1. The predicted octanol–water partition coefficient (Wildman–Crippen LogP) is 0.969. The van der Waals surface area contributed by atoms with Gasteiger partial charge in [0, 0.05) is 18.5 Å². The Labute approximate surface area is 91.4 Å². The maximum absolute atomic E-state index is 9.66. The Hall–Kier alpha value is -0.780. The van der Waals surface area contributed by atoms with Gasteiger partial charge in [-0.05, 0) is 12.1 Å². The van der Waals surface area contributed by atoms with Crippen LogP contribution in [0.2, 0.25) is 4.34 Å². The molecule has 0 spiro atoms. The second kappa shape index (κ2) is 5.19. The van der Waals surface area contributed by atoms with Gasteiger partial charge < -0.3 is 16.2 Å². The molecular weight excluding hydrogens is 222 g/mol. The molecule has 0 amide bonds. The number of aliphatic hydroxyl groups excluding tert-OH is 1. The maximum atomic E-state index is 9.66. The predicted molar refractivity (Wildman–Crippen MR) is 59.8 cm³/mol. The van der Waals surface area contributed by atoms with Crippen LogP contribution in [-0.4, -0.2) is 24.7 Å². The number of aliphatic imine (C=N–C) groups is 1. The van der Waals surface area contributed by atoms with Gasteiger partial charge in [0.2, 0.25) is 0 Å². The Kier molecular flexibility index (Phi) is 4.19. The van der Waals surface area contributed by atoms with E-state index in [1.807, 2.05) is 0 Å². The van der Waals surface area contributed by atoms with Crippen molar-refractivity contribution < 1.29 is 5.11 Å². The van der Waals surface area contributed by atoms with Gasteiger partial charge >= 0.3 is 0 Å². The summed E-state index contributed by atoms with van der Waals surface area (Å²) in [7, 11) is 1.58. The fourth-order valence-corrected chi connectivity index (χ4v) is 1.94. The molecule has 1 aromatic rings. The van der Waals surface area contributed by atoms with E-state index in [4.69, 9.17) is 17.3 Å². The third-order valence-electron chi connectivity index (χ3n) is 1.64. The van der Waals surface area contributed by atoms with Crippen LogP contribution >= 0.6 is 22.9 Å². The highest BCUT2D eigenvalue weighted by Gasteiger charge is 2.09. The normalized spacial score (nSPS) is 14.1. The molecule has 6 heteroatoms. The highest BCUT2D eigenvalue weighted by molar-refractivity contribution is 7.16. The molecule has 0 fully saturated rings. The molecule has 0 aliphatic carbocycles. The molecule has 1 unspecified atom stereocenters. The number of rotatable bonds is 3. The molecule has 1 rings (SSSR count). The first-order chi connectivity index (χ1) is 6.63. The van der Waals surface area contributed by atoms with E-state index in [1.54, 1.807) is 19.2 Å². The first-order valence-electron chi connectivity index (χ1n) is 4.03. The van der Waals surface area contributed by atoms with E-state index >= 15 is 0 Å². The van der Waals surface area contributed by atoms with Gasteiger partial charge in [-0.3, -0.25) is 4.99 Å². The van der Waals surface area contributed by atoms with Gasteiger partial charge in [-0.15, -0.1) is 11.3 Å². The molecule has 78 valence electrons. The lowest BCUT2D eigenvalue weighted by Gasteiger charge is -2.09. The van der Waals surface area contributed by atoms with Crippen LogP contribution in [0.1, 0.15) is 11.0 Å². The summed E-state index contributed by atoms with van der Waals surface area (Å²) in [5.41, 5.74) is 5.41. The highest BCUT2D eigenvalue weighted by atomic mass is 35.5. The number of hydrogen-bond donors (Lipinski definition) is 3. The highest BCUT2D eigenvalue weighted by Crippen LogP contribution is 2.26. The molecule has 1 aromatic heterocycles. The van der Waals surface area contributed by atoms with E-state index < -0.39 is 6.10 Å². The number of guanidine groups is 1. The Morgan fingerprint density at radius 3 is 3.00 bits per heavy atom. The van der Waals surface area contributed by atoms with Crippen molar-refractivity contribution in [1.29, 1.82) is 0 Å². The molecule has 1 heterocycles. The van der Waals surface area contributed by atoms with Gasteiger partial charge in [0.1, 0.15) is 6.10 Å². The molecule has 0 saturated carbocycles. The van der Waals surface area contributed by atoms with Gasteiger partial charge in [0.25, 0.3) is 0 Å². The topological polar surface area (TPSA) is 70.6 Å². The molecule has 0 aliphatic heterocycles. The van der Waals surface area contributed by atoms with Crippen LogP contribution in [0.3, 0.4) is 0 Å². The fourth-order valence-electron chi connectivity index (χ4n) is 0.888. The summed E-state index contributed by atoms with van der Waals surface area (Å²) in [6.07, 6.45) is -0.604. The minimum Gasteiger partial charge on any atom is -0.386 e. The third kappa shape index (κ3) is 3.17. The van der Waals surface area contributed by atoms with Gasteiger partial charge in [-0.1, -0.05) is 11.6 Å². The Morgan fingerprint density at radius 2 is 2.50 bits per heavy atom. The standard InChI is InChI=1S/C8H12ClN3OS/c1-11-8(10)12-4-5(13)6-2-3-7(9)14-6/h2-3,5,13H,4H2,1H3,(H3,10,11,12). The molecule has 0 bridgehead atoms. The molecule has 1 atom stereocenters. The zero-order valence-electron chi connectivity index (χ0n) is 7.70. The zero-order valence-corrected chi connectivity index (χ0v) is 9.27. The number of nitrogens with one attached hydrogen (secondary N) is 1. The Balaban J connectivity index is 2.47. The summed E-state index contributed by atoms with van der Waals surface area (Å²) in [5.74, 6) is 0.312. The average Bonchev–Trinajstić information content (AvgIpc) is 2.60. The Bertz CT molecular complexity index is 326. The van der Waals surface area contributed by atoms with E-state index in [0.717, 1.165) is 4.88 Å². The summed E-state index contributed by atoms with van der Waals surface area (Å²) >= 11 is 7.08. The van der Waals surface area contributed by atoms with E-state index in [9.17, 15) is 5.11 Å². The van der Waals surface area contributed by atoms with Crippen molar-refractivity contribution in [3.05, 3.63) is 21.3 Å². The number of aliphatic hydroxyl groups is 1. The lowest BCUT2D eigenvalue weighted by atomic mass is 10.3. The van der Waals surface area contributed by atoms with Crippen molar-refractivity contribution >= 4 is 28.9 Å². The van der Waals surface area contributed by atoms with Crippen LogP contribution in [-0.2, 0) is 0 Å². The van der Waals surface area contributed by atoms with Crippen molar-refractivity contribution in [1.82, 2.24) is 5.32 Å². The van der Waals surface area contributed by atoms with Crippen LogP contribution in [0.5, 0.6) is 0 Å². The molecule has 0 aliphatic rings. The molecule has 14 heavy (non-hydrogen) atoms. The summed E-state index contributed by atoms with van der Waals surface area (Å²) < 4.78 is 0.663. The van der Waals surface area contributed by atoms with Crippen molar-refractivity contribution in [2.45, 2.75) is 6.10 Å². The summed E-state index contributed by atoms with van der Waals surface area (Å²) in [6, 6.07) is 3.54. The van der Waals surface area contributed by atoms with E-state index in [0.29, 0.717) is 16.8 Å². The van der Waals surface area contributed by atoms with Crippen LogP contribution in [0.15, 0.2) is 17.1 Å². The molecule has 4 N–H and O–H groups in total. The Morgan fingerprint density at radius 1 is 1.79 bits per heavy atom. The zero-order chi connectivity index (χ0) is 10.6. The molecule has 4 nitrogen and oxygen atoms in total. The maximum Gasteiger partial charge on any atom is 0.188 e. The van der Waals surface area contributed by atoms with Gasteiger partial charge in [-0.2, -0.15) is 0 Å². The lowest BCUT2D eigenvalue weighted by Crippen LogP contribution is -2.34. The van der Waals surface area contributed by atoms with Gasteiger partial charge in [0.05, 0.1) is 4.34 Å². The van der Waals surface area contributed by atoms with Crippen LogP contribution in [0.25, 0.3) is 0 Å². The van der Waals surface area contributed by atoms with Crippen molar-refractivity contribution in [3.8, 4) is 0 Å². The first-order valence-corrected chi connectivity index (χ1v) is 5.22. The number of nitrogens with zero attached hydrogens (tertiary/aromatic N) is 1. The molecule has 0 saturated heterocycles. The number of nitrogens with two attached hydrogens (primary N) is 1. The molecule has 0 radical (unpaired) electrons. The van der Waals surface area contributed by atoms with E-state index in [1.165, 1.54) is 11.3 Å². The summed E-state index contributed by atoms with van der Waals surface area (Å²) in [5, 5.41) is 12.4. The van der Waals surface area contributed by atoms with Crippen molar-refractivity contribution in [2.75, 3.05) is 13.6 Å². The van der Waals surface area contributed by atoms with Crippen LogP contribution in [0.4, 0.5) is 0 Å². The van der Waals surface area contributed by atoms with Gasteiger partial charge in [0.15, 0.2) is 5.96 Å². The molecular formula is C8H12ClN3OS. The second-order valence-corrected chi connectivity index (χ2v) is 4.39. The largest absolute Gasteiger partial charge is 0.386 e. The monoisotopic (exact) mass is 233 g/mol. The average molecular weight is 234 g/mol. The molecule has 0 aromatic carbocycles. The summed E-state index contributed by atoms with van der Waals surface area (Å²) in [6.45, 7) is 0.333. The SMILES string of the molecule is CN=C(N)NCC(O)c1ccc(Cl)s1. The van der Waals surface area contributed by atoms with Crippen LogP contribution < -0.4 is 11.1 Å². The number of hydrogen-bond acceptors (Lipinski definition) is 3. The lowest BCUT2D eigenvalue weighted by molar-refractivity contribution is 0.185. The quantitative estimate of drug-likeness (QED) is 0.538. The van der Waals surface area contributed by atoms with Gasteiger partial charge in [-0.25, -0.2) is 0 Å². The van der Waals surface area contributed by atoms with Crippen molar-refractivity contribution in [3.63, 3.8) is 0 Å². The van der Waals surface area contributed by atoms with E-state index in [-0.39, 0.29) is 0 Å². The van der Waals surface area contributed by atoms with Crippen molar-refractivity contribution in [2.24, 2.45) is 10.7 Å². The third-order valence-corrected chi connectivity index (χ3v) is 2.97. The smallest absolute Gasteiger partial charge is 0.188 e. The minimum absolute atomic E-state index is 0.312.